The van der Waals surface area contributed by atoms with Crippen molar-refractivity contribution < 1.29 is 13.9 Å². The average molecular weight is 320 g/mol. The van der Waals surface area contributed by atoms with Crippen LogP contribution in [0.4, 0.5) is 0 Å². The number of ether oxygens (including phenoxy) is 2. The molecule has 0 saturated heterocycles. The minimum absolute atomic E-state index is 0.108. The largest absolute Gasteiger partial charge is 0.493 e. The van der Waals surface area contributed by atoms with Crippen LogP contribution in [0.25, 0.3) is 22.1 Å². The molecule has 0 fully saturated rings. The van der Waals surface area contributed by atoms with Crippen molar-refractivity contribution in [1.82, 2.24) is 0 Å². The summed E-state index contributed by atoms with van der Waals surface area (Å²) in [5.74, 6) is 0.934. The summed E-state index contributed by atoms with van der Waals surface area (Å²) in [5.41, 5.74) is 2.72. The first kappa shape index (κ1) is 16.2. The average Bonchev–Trinajstić information content (AvgIpc) is 2.62. The monoisotopic (exact) mass is 320 g/mol. The van der Waals surface area contributed by atoms with Gasteiger partial charge in [-0.3, -0.25) is 4.79 Å². The van der Waals surface area contributed by atoms with E-state index in [4.69, 9.17) is 21.7 Å². The molecule has 3 aromatic rings. The quantitative estimate of drug-likeness (QED) is 0.674. The highest BCUT2D eigenvalue weighted by Gasteiger charge is 2.16. The van der Waals surface area contributed by atoms with Gasteiger partial charge in [0.2, 0.25) is 11.2 Å². The highest BCUT2D eigenvalue weighted by molar-refractivity contribution is 6.08. The molecule has 3 rings (SSSR count). The molecule has 0 N–H and O–H groups in total. The normalized spacial score (nSPS) is 10.8. The summed E-state index contributed by atoms with van der Waals surface area (Å²) >= 11 is 0. The summed E-state index contributed by atoms with van der Waals surface area (Å²) in [7, 11) is 8.62. The number of fused-ring (bicyclic) bond motifs is 1. The van der Waals surface area contributed by atoms with Crippen LogP contribution >= 0.6 is 0 Å². The van der Waals surface area contributed by atoms with Gasteiger partial charge in [-0.15, -0.1) is 0 Å². The van der Waals surface area contributed by atoms with Crippen LogP contribution < -0.4 is 14.9 Å². The number of aryl methyl sites for hydroxylation is 1. The van der Waals surface area contributed by atoms with Crippen LogP contribution in [0.1, 0.15) is 5.56 Å². The third-order valence-corrected chi connectivity index (χ3v) is 3.98. The van der Waals surface area contributed by atoms with E-state index in [9.17, 15) is 4.79 Å². The molecule has 0 amide bonds. The van der Waals surface area contributed by atoms with Crippen molar-refractivity contribution in [1.29, 1.82) is 0 Å². The fourth-order valence-electron chi connectivity index (χ4n) is 2.73. The van der Waals surface area contributed by atoms with E-state index in [1.807, 2.05) is 24.3 Å². The molecule has 120 valence electrons. The standard InChI is InChI=1S/C19H17BO4/c1-22-16-8-7-14-17(21)15(11-24-18(14)19(16)23-2)13-5-3-12(4-6-13)9-10-20/h3-8,11H,9-10H2,1-2H3. The van der Waals surface area contributed by atoms with Crippen LogP contribution in [0, 0.1) is 0 Å². The summed E-state index contributed by atoms with van der Waals surface area (Å²) in [6.45, 7) is 0. The second-order valence-electron chi connectivity index (χ2n) is 5.39. The highest BCUT2D eigenvalue weighted by Crippen LogP contribution is 2.35. The lowest BCUT2D eigenvalue weighted by Crippen LogP contribution is -2.06. The fourth-order valence-corrected chi connectivity index (χ4v) is 2.73. The van der Waals surface area contributed by atoms with E-state index in [1.165, 1.54) is 13.4 Å². The smallest absolute Gasteiger partial charge is 0.204 e. The van der Waals surface area contributed by atoms with E-state index < -0.39 is 0 Å². The Bertz CT molecular complexity index is 913. The Kier molecular flexibility index (Phi) is 4.60. The zero-order valence-corrected chi connectivity index (χ0v) is 13.7. The summed E-state index contributed by atoms with van der Waals surface area (Å²) < 4.78 is 16.3. The number of hydrogen-bond donors (Lipinski definition) is 0. The molecule has 0 aliphatic heterocycles. The van der Waals surface area contributed by atoms with Gasteiger partial charge in [0, 0.05) is 0 Å². The molecule has 2 aromatic carbocycles. The molecule has 1 aromatic heterocycles. The number of methoxy groups -OCH3 is 2. The SMILES string of the molecule is [B]CCc1ccc(-c2coc3c(OC)c(OC)ccc3c2=O)cc1. The number of rotatable bonds is 5. The molecule has 24 heavy (non-hydrogen) atoms. The first-order valence-electron chi connectivity index (χ1n) is 7.65. The molecule has 4 nitrogen and oxygen atoms in total. The van der Waals surface area contributed by atoms with Crippen LogP contribution in [-0.4, -0.2) is 22.1 Å². The Morgan fingerprint density at radius 1 is 1.04 bits per heavy atom. The Hall–Kier alpha value is -2.69. The topological polar surface area (TPSA) is 48.7 Å². The molecule has 5 heteroatoms. The van der Waals surface area contributed by atoms with E-state index in [2.05, 4.69) is 0 Å². The van der Waals surface area contributed by atoms with Crippen molar-refractivity contribution in [3.8, 4) is 22.6 Å². The van der Waals surface area contributed by atoms with Gasteiger partial charge in [-0.2, -0.15) is 0 Å². The van der Waals surface area contributed by atoms with Crippen LogP contribution in [0.5, 0.6) is 11.5 Å². The summed E-state index contributed by atoms with van der Waals surface area (Å²) in [6, 6.07) is 11.1. The molecule has 2 radical (unpaired) electrons. The minimum Gasteiger partial charge on any atom is -0.493 e. The molecule has 0 bridgehead atoms. The van der Waals surface area contributed by atoms with Crippen LogP contribution in [0.3, 0.4) is 0 Å². The third-order valence-electron chi connectivity index (χ3n) is 3.98. The van der Waals surface area contributed by atoms with E-state index >= 15 is 0 Å². The van der Waals surface area contributed by atoms with Gasteiger partial charge >= 0.3 is 0 Å². The maximum absolute atomic E-state index is 12.8. The van der Waals surface area contributed by atoms with Gasteiger partial charge in [0.25, 0.3) is 0 Å². The van der Waals surface area contributed by atoms with Crippen molar-refractivity contribution in [3.05, 3.63) is 58.4 Å². The molecule has 0 saturated carbocycles. The van der Waals surface area contributed by atoms with Crippen molar-refractivity contribution in [2.75, 3.05) is 14.2 Å². The maximum Gasteiger partial charge on any atom is 0.204 e. The first-order chi connectivity index (χ1) is 11.7. The zero-order valence-electron chi connectivity index (χ0n) is 13.7. The Labute approximate surface area is 141 Å². The van der Waals surface area contributed by atoms with E-state index in [0.29, 0.717) is 34.4 Å². The number of benzene rings is 2. The van der Waals surface area contributed by atoms with Crippen LogP contribution in [0.15, 0.2) is 51.9 Å². The molecular weight excluding hydrogens is 303 g/mol. The van der Waals surface area contributed by atoms with Gasteiger partial charge in [0.05, 0.1) is 33.0 Å². The lowest BCUT2D eigenvalue weighted by molar-refractivity contribution is 0.353. The summed E-state index contributed by atoms with van der Waals surface area (Å²) in [6.07, 6.45) is 2.87. The minimum atomic E-state index is -0.108. The molecule has 0 spiro atoms. The van der Waals surface area contributed by atoms with Crippen molar-refractivity contribution in [2.24, 2.45) is 0 Å². The zero-order chi connectivity index (χ0) is 17.1. The summed E-state index contributed by atoms with van der Waals surface area (Å²) in [5, 5.41) is 0.455. The first-order valence-corrected chi connectivity index (χ1v) is 7.65. The fraction of sp³-hybridized carbons (Fsp3) is 0.211. The second-order valence-corrected chi connectivity index (χ2v) is 5.39. The molecule has 0 unspecified atom stereocenters. The molecule has 0 atom stereocenters. The van der Waals surface area contributed by atoms with E-state index in [-0.39, 0.29) is 5.43 Å². The highest BCUT2D eigenvalue weighted by atomic mass is 16.5. The lowest BCUT2D eigenvalue weighted by atomic mass is 9.96. The van der Waals surface area contributed by atoms with Crippen LogP contribution in [0.2, 0.25) is 6.32 Å². The Morgan fingerprint density at radius 2 is 1.79 bits per heavy atom. The van der Waals surface area contributed by atoms with Gasteiger partial charge in [-0.05, 0) is 29.7 Å². The van der Waals surface area contributed by atoms with Gasteiger partial charge in [-0.1, -0.05) is 30.6 Å². The molecule has 0 aliphatic rings. The van der Waals surface area contributed by atoms with Crippen LogP contribution in [-0.2, 0) is 6.42 Å². The second kappa shape index (κ2) is 6.83. The van der Waals surface area contributed by atoms with Crippen molar-refractivity contribution in [3.63, 3.8) is 0 Å². The Morgan fingerprint density at radius 3 is 2.42 bits per heavy atom. The maximum atomic E-state index is 12.8. The third kappa shape index (κ3) is 2.78. The molecular formula is C19H17BO4. The lowest BCUT2D eigenvalue weighted by Gasteiger charge is -2.10. The van der Waals surface area contributed by atoms with Gasteiger partial charge in [0.15, 0.2) is 11.3 Å². The Balaban J connectivity index is 2.14. The summed E-state index contributed by atoms with van der Waals surface area (Å²) in [4.78, 5) is 12.8. The molecule has 0 aliphatic carbocycles. The van der Waals surface area contributed by atoms with Gasteiger partial charge in [0.1, 0.15) is 6.26 Å². The van der Waals surface area contributed by atoms with Gasteiger partial charge < -0.3 is 13.9 Å². The van der Waals surface area contributed by atoms with Crippen molar-refractivity contribution in [2.45, 2.75) is 12.7 Å². The van der Waals surface area contributed by atoms with E-state index in [0.717, 1.165) is 17.5 Å². The number of hydrogen-bond acceptors (Lipinski definition) is 4. The predicted molar refractivity (Wildman–Crippen MR) is 95.3 cm³/mol. The predicted octanol–water partition coefficient (Wildman–Crippen LogP) is 3.61. The van der Waals surface area contributed by atoms with E-state index in [1.54, 1.807) is 19.2 Å². The molecule has 1 heterocycles. The van der Waals surface area contributed by atoms with Gasteiger partial charge in [-0.25, -0.2) is 0 Å². The van der Waals surface area contributed by atoms with Crippen molar-refractivity contribution >= 4 is 18.8 Å².